The van der Waals surface area contributed by atoms with Crippen LogP contribution in [0.15, 0.2) is 76.0 Å². The molecule has 3 rings (SSSR count). The fourth-order valence-electron chi connectivity index (χ4n) is 3.06. The molecule has 1 aromatic heterocycles. The summed E-state index contributed by atoms with van der Waals surface area (Å²) in [5.41, 5.74) is 15.6. The van der Waals surface area contributed by atoms with Gasteiger partial charge in [-0.3, -0.25) is 0 Å². The second-order valence-corrected chi connectivity index (χ2v) is 8.95. The van der Waals surface area contributed by atoms with E-state index in [0.29, 0.717) is 0 Å². The molecule has 4 N–H and O–H groups in total. The Morgan fingerprint density at radius 3 is 1.75 bits per heavy atom. The minimum absolute atomic E-state index is 0.0384. The molecule has 0 fully saturated rings. The van der Waals surface area contributed by atoms with Crippen LogP contribution in [0.4, 0.5) is 0 Å². The van der Waals surface area contributed by atoms with Crippen molar-refractivity contribution in [3.8, 4) is 16.8 Å². The van der Waals surface area contributed by atoms with Gasteiger partial charge in [0.2, 0.25) is 11.6 Å². The van der Waals surface area contributed by atoms with Gasteiger partial charge in [-0.25, -0.2) is 18.6 Å². The molecule has 0 bridgehead atoms. The highest BCUT2D eigenvalue weighted by molar-refractivity contribution is 7.90. The lowest BCUT2D eigenvalue weighted by atomic mass is 10.0. The number of aryl methyl sites for hydroxylation is 2. The first-order valence-corrected chi connectivity index (χ1v) is 11.6. The first-order chi connectivity index (χ1) is 14.8. The molecule has 2 aromatic carbocycles. The van der Waals surface area contributed by atoms with E-state index in [1.54, 1.807) is 12.1 Å². The summed E-state index contributed by atoms with van der Waals surface area (Å²) in [6.45, 7) is 4.03. The average Bonchev–Trinajstić information content (AvgIpc) is 2.66. The summed E-state index contributed by atoms with van der Waals surface area (Å²) >= 11 is 0. The predicted octanol–water partition coefficient (Wildman–Crippen LogP) is -2.55. The monoisotopic (exact) mass is 480 g/mol. The van der Waals surface area contributed by atoms with Crippen molar-refractivity contribution in [1.29, 1.82) is 0 Å². The zero-order valence-corrected chi connectivity index (χ0v) is 18.7. The van der Waals surface area contributed by atoms with E-state index in [0.717, 1.165) is 28.2 Å². The van der Waals surface area contributed by atoms with Crippen LogP contribution in [-0.4, -0.2) is 14.4 Å². The van der Waals surface area contributed by atoms with Gasteiger partial charge < -0.3 is 11.5 Å². The van der Waals surface area contributed by atoms with Crippen molar-refractivity contribution < 1.29 is 41.9 Å². The summed E-state index contributed by atoms with van der Waals surface area (Å²) in [4.78, 5) is 0.0384. The van der Waals surface area contributed by atoms with Gasteiger partial charge in [-0.2, -0.15) is 13.0 Å². The minimum Gasteiger partial charge on any atom is -0.369 e. The molecule has 32 heavy (non-hydrogen) atoms. The van der Waals surface area contributed by atoms with Gasteiger partial charge in [0.25, 0.3) is 10.0 Å². The molecule has 1 heterocycles. The van der Waals surface area contributed by atoms with Gasteiger partial charge >= 0.3 is 0 Å². The Kier molecular flexibility index (Phi) is 7.91. The van der Waals surface area contributed by atoms with Gasteiger partial charge in [-0.1, -0.05) is 30.3 Å². The van der Waals surface area contributed by atoms with E-state index in [-0.39, 0.29) is 4.90 Å². The maximum atomic E-state index is 12.1. The summed E-state index contributed by atoms with van der Waals surface area (Å²) in [5.74, 6) is -0.489. The van der Waals surface area contributed by atoms with E-state index in [4.69, 9.17) is 30.1 Å². The molecule has 0 aliphatic rings. The molecule has 170 valence electrons. The smallest absolute Gasteiger partial charge is 0.285 e. The fourth-order valence-corrected chi connectivity index (χ4v) is 3.93. The number of pyridine rings is 1. The van der Waals surface area contributed by atoms with Crippen LogP contribution < -0.4 is 34.7 Å². The molecule has 10 nitrogen and oxygen atoms in total. The third-order valence-electron chi connectivity index (χ3n) is 4.16. The van der Waals surface area contributed by atoms with E-state index in [2.05, 4.69) is 33.2 Å². The van der Waals surface area contributed by atoms with Gasteiger partial charge in [0.1, 0.15) is 0 Å². The van der Waals surface area contributed by atoms with E-state index in [1.807, 2.05) is 32.0 Å². The Morgan fingerprint density at radius 2 is 1.31 bits per heavy atom. The van der Waals surface area contributed by atoms with Gasteiger partial charge in [0.05, 0.1) is 4.90 Å². The Balaban J connectivity index is 0.000000654. The molecule has 12 heteroatoms. The number of hydrogen-bond donors (Lipinski definition) is 2. The van der Waals surface area contributed by atoms with E-state index >= 15 is 0 Å². The summed E-state index contributed by atoms with van der Waals surface area (Å²) in [6.07, 6.45) is 0. The molecule has 0 radical (unpaired) electrons. The van der Waals surface area contributed by atoms with Gasteiger partial charge in [0.15, 0.2) is 11.4 Å². The topological polar surface area (TPSA) is 195 Å². The molecule has 0 unspecified atom stereocenters. The number of aromatic nitrogens is 1. The van der Waals surface area contributed by atoms with E-state index in [1.165, 1.54) is 12.1 Å². The van der Waals surface area contributed by atoms with Crippen molar-refractivity contribution >= 4 is 16.0 Å². The standard InChI is InChI=1S/C20H21N4O2S.ClHO4/c1-14-12-17(16-6-4-3-5-7-16)13-15(2)24(14)18-8-10-19(11-9-18)27(25,26)23-20(21)22;2-1(3,4)5/h3-13H,1-2H3,(H4,21,22,23);(H,2,3,4,5)/q+1;/p-1. The van der Waals surface area contributed by atoms with Crippen LogP contribution >= 0.6 is 0 Å². The number of hydrogen-bond acceptors (Lipinski definition) is 6. The predicted molar refractivity (Wildman–Crippen MR) is 106 cm³/mol. The van der Waals surface area contributed by atoms with Crippen LogP contribution in [0.3, 0.4) is 0 Å². The Bertz CT molecular complexity index is 1180. The number of rotatable bonds is 4. The minimum atomic E-state index is -4.94. The third-order valence-corrected chi connectivity index (χ3v) is 5.48. The molecule has 0 spiro atoms. The molecular formula is C20H21ClN4O6S. The Hall–Kier alpha value is -3.06. The first kappa shape index (κ1) is 25.2. The number of benzene rings is 2. The van der Waals surface area contributed by atoms with Crippen molar-refractivity contribution in [3.05, 3.63) is 78.1 Å². The van der Waals surface area contributed by atoms with Crippen LogP contribution in [0.1, 0.15) is 11.4 Å². The van der Waals surface area contributed by atoms with Crippen molar-refractivity contribution in [3.63, 3.8) is 0 Å². The summed E-state index contributed by atoms with van der Waals surface area (Å²) < 4.78 is 63.5. The third kappa shape index (κ3) is 7.27. The quantitative estimate of drug-likeness (QED) is 0.231. The van der Waals surface area contributed by atoms with Crippen LogP contribution in [0.25, 0.3) is 16.8 Å². The van der Waals surface area contributed by atoms with Gasteiger partial charge in [0, 0.05) is 38.1 Å². The summed E-state index contributed by atoms with van der Waals surface area (Å²) in [6, 6.07) is 20.8. The maximum absolute atomic E-state index is 12.1. The maximum Gasteiger partial charge on any atom is 0.285 e. The molecule has 0 atom stereocenters. The van der Waals surface area contributed by atoms with Crippen LogP contribution in [0, 0.1) is 24.1 Å². The highest BCUT2D eigenvalue weighted by Crippen LogP contribution is 2.21. The van der Waals surface area contributed by atoms with E-state index < -0.39 is 26.2 Å². The lowest BCUT2D eigenvalue weighted by Gasteiger charge is -2.17. The molecular weight excluding hydrogens is 460 g/mol. The van der Waals surface area contributed by atoms with E-state index in [9.17, 15) is 8.42 Å². The number of nitrogens with zero attached hydrogens (tertiary/aromatic N) is 2. The highest BCUT2D eigenvalue weighted by atomic mass is 35.7. The number of guanidine groups is 1. The Morgan fingerprint density at radius 1 is 0.844 bits per heavy atom. The zero-order valence-electron chi connectivity index (χ0n) is 17.1. The number of nitrogens with two attached hydrogens (primary N) is 2. The Labute approximate surface area is 187 Å². The normalized spacial score (nSPS) is 11.3. The van der Waals surface area contributed by atoms with Crippen molar-refractivity contribution in [2.75, 3.05) is 0 Å². The van der Waals surface area contributed by atoms with Gasteiger partial charge in [-0.15, -0.1) is 14.6 Å². The van der Waals surface area contributed by atoms with Crippen molar-refractivity contribution in [2.45, 2.75) is 18.7 Å². The fraction of sp³-hybridized carbons (Fsp3) is 0.100. The summed E-state index contributed by atoms with van der Waals surface area (Å²) in [5, 5.41) is 0. The lowest BCUT2D eigenvalue weighted by molar-refractivity contribution is -2.00. The largest absolute Gasteiger partial charge is 0.369 e. The highest BCUT2D eigenvalue weighted by Gasteiger charge is 2.19. The lowest BCUT2D eigenvalue weighted by Crippen LogP contribution is -2.68. The average molecular weight is 481 g/mol. The molecule has 0 saturated heterocycles. The molecule has 0 saturated carbocycles. The first-order valence-electron chi connectivity index (χ1n) is 8.95. The van der Waals surface area contributed by atoms with Crippen LogP contribution in [-0.2, 0) is 10.0 Å². The van der Waals surface area contributed by atoms with Crippen LogP contribution in [0.5, 0.6) is 0 Å². The molecule has 3 aromatic rings. The second kappa shape index (κ2) is 10.0. The van der Waals surface area contributed by atoms with Crippen molar-refractivity contribution in [1.82, 2.24) is 0 Å². The van der Waals surface area contributed by atoms with Crippen LogP contribution in [0.2, 0.25) is 0 Å². The molecule has 0 amide bonds. The number of sulfonamides is 1. The summed E-state index contributed by atoms with van der Waals surface area (Å²) in [7, 11) is -8.84. The SMILES string of the molecule is Cc1cc(-c2ccccc2)cc(C)[n+]1-c1ccc(S(=O)(=O)N=C(N)N)cc1.[O-][Cl+3]([O-])([O-])[O-]. The second-order valence-electron chi connectivity index (χ2n) is 6.59. The van der Waals surface area contributed by atoms with Crippen molar-refractivity contribution in [2.24, 2.45) is 15.9 Å². The van der Waals surface area contributed by atoms with Gasteiger partial charge in [-0.05, 0) is 23.3 Å². The number of halogens is 1. The molecule has 0 aliphatic carbocycles. The molecule has 0 aliphatic heterocycles. The zero-order chi connectivity index (χ0) is 24.1.